The van der Waals surface area contributed by atoms with Crippen LogP contribution in [0, 0.1) is 25.2 Å². The lowest BCUT2D eigenvalue weighted by Gasteiger charge is -2.08. The third-order valence-corrected chi connectivity index (χ3v) is 4.20. The summed E-state index contributed by atoms with van der Waals surface area (Å²) in [7, 11) is 0. The molecule has 0 atom stereocenters. The highest BCUT2D eigenvalue weighted by Crippen LogP contribution is 2.28. The highest BCUT2D eigenvalue weighted by atomic mass is 35.5. The van der Waals surface area contributed by atoms with E-state index in [1.807, 2.05) is 32.0 Å². The molecule has 0 radical (unpaired) electrons. The Morgan fingerprint density at radius 3 is 2.52 bits per heavy atom. The lowest BCUT2D eigenvalue weighted by Crippen LogP contribution is -2.21. The number of halogens is 4. The van der Waals surface area contributed by atoms with Crippen LogP contribution in [0.25, 0.3) is 5.69 Å². The van der Waals surface area contributed by atoms with Crippen LogP contribution in [-0.2, 0) is 11.4 Å². The number of aliphatic carboxylic acids is 1. The van der Waals surface area contributed by atoms with Gasteiger partial charge in [-0.1, -0.05) is 17.7 Å². The van der Waals surface area contributed by atoms with E-state index in [0.29, 0.717) is 17.2 Å². The number of rotatable bonds is 4. The molecule has 3 rings (SSSR count). The van der Waals surface area contributed by atoms with Crippen molar-refractivity contribution in [3.63, 3.8) is 0 Å². The van der Waals surface area contributed by atoms with Crippen molar-refractivity contribution in [2.75, 3.05) is 0 Å². The zero-order valence-electron chi connectivity index (χ0n) is 16.3. The van der Waals surface area contributed by atoms with Crippen LogP contribution in [0.15, 0.2) is 42.7 Å². The molecule has 0 spiro atoms. The molecule has 0 unspecified atom stereocenters. The van der Waals surface area contributed by atoms with Crippen molar-refractivity contribution < 1.29 is 27.8 Å². The molecule has 1 N–H and O–H groups in total. The number of benzene rings is 1. The second-order valence-corrected chi connectivity index (χ2v) is 6.55. The average molecular weight is 453 g/mol. The third kappa shape index (κ3) is 6.20. The summed E-state index contributed by atoms with van der Waals surface area (Å²) in [6, 6.07) is 11.1. The second kappa shape index (κ2) is 9.95. The molecule has 0 aliphatic heterocycles. The van der Waals surface area contributed by atoms with Gasteiger partial charge in [0.25, 0.3) is 0 Å². The molecule has 0 saturated heterocycles. The first-order valence-corrected chi connectivity index (χ1v) is 9.00. The van der Waals surface area contributed by atoms with Crippen molar-refractivity contribution in [3.05, 3.63) is 70.3 Å². The molecule has 162 valence electrons. The van der Waals surface area contributed by atoms with Crippen LogP contribution in [0.5, 0.6) is 5.75 Å². The molecular weight excluding hydrogens is 437 g/mol. The number of nitriles is 1. The summed E-state index contributed by atoms with van der Waals surface area (Å²) in [5, 5.41) is 21.0. The monoisotopic (exact) mass is 452 g/mol. The normalized spacial score (nSPS) is 10.6. The van der Waals surface area contributed by atoms with Crippen molar-refractivity contribution in [1.82, 2.24) is 14.8 Å². The van der Waals surface area contributed by atoms with Gasteiger partial charge >= 0.3 is 12.1 Å². The molecule has 2 heterocycles. The Bertz CT molecular complexity index is 1110. The number of hydrogen-bond acceptors (Lipinski definition) is 5. The topological polar surface area (TPSA) is 101 Å². The van der Waals surface area contributed by atoms with Crippen molar-refractivity contribution in [2.24, 2.45) is 0 Å². The molecule has 31 heavy (non-hydrogen) atoms. The molecule has 0 fully saturated rings. The minimum atomic E-state index is -5.08. The molecule has 7 nitrogen and oxygen atoms in total. The van der Waals surface area contributed by atoms with Crippen molar-refractivity contribution in [2.45, 2.75) is 26.6 Å². The molecule has 0 bridgehead atoms. The van der Waals surface area contributed by atoms with Crippen LogP contribution in [0.3, 0.4) is 0 Å². The number of pyridine rings is 1. The van der Waals surface area contributed by atoms with Crippen LogP contribution in [0.1, 0.15) is 22.5 Å². The van der Waals surface area contributed by atoms with Gasteiger partial charge in [0.1, 0.15) is 18.4 Å². The summed E-state index contributed by atoms with van der Waals surface area (Å²) in [6.45, 7) is 4.26. The van der Waals surface area contributed by atoms with Gasteiger partial charge in [0.15, 0.2) is 5.75 Å². The minimum Gasteiger partial charge on any atom is -0.485 e. The van der Waals surface area contributed by atoms with Crippen LogP contribution < -0.4 is 4.74 Å². The zero-order chi connectivity index (χ0) is 23.2. The molecule has 3 aromatic rings. The van der Waals surface area contributed by atoms with E-state index in [-0.39, 0.29) is 0 Å². The van der Waals surface area contributed by atoms with Gasteiger partial charge < -0.3 is 9.84 Å². The second-order valence-electron chi connectivity index (χ2n) is 6.14. The summed E-state index contributed by atoms with van der Waals surface area (Å²) < 4.78 is 39.4. The summed E-state index contributed by atoms with van der Waals surface area (Å²) >= 11 is 6.12. The van der Waals surface area contributed by atoms with Crippen LogP contribution in [0.4, 0.5) is 13.2 Å². The summed E-state index contributed by atoms with van der Waals surface area (Å²) in [4.78, 5) is 13.0. The molecule has 0 saturated carbocycles. The summed E-state index contributed by atoms with van der Waals surface area (Å²) in [5.74, 6) is -2.02. The molecule has 0 aliphatic carbocycles. The van der Waals surface area contributed by atoms with E-state index in [2.05, 4.69) is 16.2 Å². The Kier molecular flexibility index (Phi) is 7.61. The van der Waals surface area contributed by atoms with Gasteiger partial charge in [0.05, 0.1) is 22.0 Å². The fourth-order valence-corrected chi connectivity index (χ4v) is 2.67. The summed E-state index contributed by atoms with van der Waals surface area (Å²) in [5.41, 5.74) is 3.88. The average Bonchev–Trinajstić information content (AvgIpc) is 3.00. The van der Waals surface area contributed by atoms with E-state index < -0.39 is 12.1 Å². The first-order valence-electron chi connectivity index (χ1n) is 8.62. The zero-order valence-corrected chi connectivity index (χ0v) is 17.1. The number of carboxylic acid groups (broad SMARTS) is 1. The number of carbonyl (C=O) groups is 1. The maximum atomic E-state index is 10.6. The van der Waals surface area contributed by atoms with E-state index in [4.69, 9.17) is 31.5 Å². The van der Waals surface area contributed by atoms with Crippen molar-refractivity contribution >= 4 is 17.6 Å². The highest BCUT2D eigenvalue weighted by molar-refractivity contribution is 6.31. The molecule has 0 aliphatic rings. The van der Waals surface area contributed by atoms with E-state index in [9.17, 15) is 13.2 Å². The van der Waals surface area contributed by atoms with E-state index in [0.717, 1.165) is 28.4 Å². The first-order chi connectivity index (χ1) is 14.5. The SMILES string of the molecule is Cc1nn(-c2ccc(C#N)c(Cl)c2)c(C)c1OCc1cccnc1.O=C(O)C(F)(F)F. The molecule has 1 aromatic carbocycles. The number of ether oxygens (including phenoxy) is 1. The number of carboxylic acids is 1. The van der Waals surface area contributed by atoms with Gasteiger partial charge in [-0.25, -0.2) is 9.48 Å². The Hall–Kier alpha value is -3.58. The molecular formula is C20H16ClF3N4O3. The van der Waals surface area contributed by atoms with Gasteiger partial charge in [-0.2, -0.15) is 23.5 Å². The van der Waals surface area contributed by atoms with Crippen LogP contribution in [-0.4, -0.2) is 32.0 Å². The number of alkyl halides is 3. The van der Waals surface area contributed by atoms with Crippen LogP contribution >= 0.6 is 11.6 Å². The lowest BCUT2D eigenvalue weighted by atomic mass is 10.2. The van der Waals surface area contributed by atoms with E-state index >= 15 is 0 Å². The van der Waals surface area contributed by atoms with E-state index in [1.165, 1.54) is 0 Å². The Labute approximate surface area is 180 Å². The number of nitrogens with zero attached hydrogens (tertiary/aromatic N) is 4. The standard InChI is InChI=1S/C18H15ClN4O.C2HF3O2/c1-12-18(24-11-14-4-3-7-21-10-14)13(2)23(22-12)16-6-5-15(9-20)17(19)8-16;3-2(4,5)1(6)7/h3-8,10H,11H2,1-2H3;(H,6,7). The molecule has 0 amide bonds. The van der Waals surface area contributed by atoms with Gasteiger partial charge in [-0.3, -0.25) is 4.98 Å². The predicted molar refractivity (Wildman–Crippen MR) is 105 cm³/mol. The molecule has 2 aromatic heterocycles. The van der Waals surface area contributed by atoms with Crippen LogP contribution in [0.2, 0.25) is 5.02 Å². The van der Waals surface area contributed by atoms with Crippen molar-refractivity contribution in [3.8, 4) is 17.5 Å². The Balaban J connectivity index is 0.000000423. The third-order valence-electron chi connectivity index (χ3n) is 3.89. The van der Waals surface area contributed by atoms with Gasteiger partial charge in [0.2, 0.25) is 0 Å². The Morgan fingerprint density at radius 1 is 1.32 bits per heavy atom. The largest absolute Gasteiger partial charge is 0.490 e. The Morgan fingerprint density at radius 2 is 2.00 bits per heavy atom. The number of hydrogen-bond donors (Lipinski definition) is 1. The first kappa shape index (κ1) is 23.7. The lowest BCUT2D eigenvalue weighted by molar-refractivity contribution is -0.192. The summed E-state index contributed by atoms with van der Waals surface area (Å²) in [6.07, 6.45) is -1.58. The number of aryl methyl sites for hydroxylation is 1. The maximum absolute atomic E-state index is 10.6. The highest BCUT2D eigenvalue weighted by Gasteiger charge is 2.38. The maximum Gasteiger partial charge on any atom is 0.490 e. The quantitative estimate of drug-likeness (QED) is 0.619. The van der Waals surface area contributed by atoms with Crippen molar-refractivity contribution in [1.29, 1.82) is 5.26 Å². The molecule has 11 heteroatoms. The number of aromatic nitrogens is 3. The fraction of sp³-hybridized carbons (Fsp3) is 0.200. The van der Waals surface area contributed by atoms with Gasteiger partial charge in [-0.05, 0) is 38.1 Å². The van der Waals surface area contributed by atoms with Gasteiger partial charge in [0, 0.05) is 18.0 Å². The fourth-order valence-electron chi connectivity index (χ4n) is 2.45. The van der Waals surface area contributed by atoms with Gasteiger partial charge in [-0.15, -0.1) is 0 Å². The predicted octanol–water partition coefficient (Wildman–Crippen LogP) is 4.62. The minimum absolute atomic E-state index is 0.403. The smallest absolute Gasteiger partial charge is 0.485 e. The van der Waals surface area contributed by atoms with E-state index in [1.54, 1.807) is 29.2 Å².